The van der Waals surface area contributed by atoms with Crippen LogP contribution in [-0.2, 0) is 15.6 Å². The first-order chi connectivity index (χ1) is 10.2. The van der Waals surface area contributed by atoms with Crippen LogP contribution in [0.5, 0.6) is 11.5 Å². The number of halogens is 2. The Morgan fingerprint density at radius 2 is 1.86 bits per heavy atom. The number of methoxy groups -OCH3 is 1. The number of ether oxygens (including phenoxy) is 1. The summed E-state index contributed by atoms with van der Waals surface area (Å²) in [7, 11) is -2.36. The van der Waals surface area contributed by atoms with Gasteiger partial charge in [0.15, 0.2) is 15.6 Å². The van der Waals surface area contributed by atoms with Crippen LogP contribution >= 0.6 is 23.2 Å². The summed E-state index contributed by atoms with van der Waals surface area (Å²) in [6, 6.07) is 7.67. The second-order valence-electron chi connectivity index (χ2n) is 4.81. The van der Waals surface area contributed by atoms with E-state index >= 15 is 0 Å². The zero-order valence-corrected chi connectivity index (χ0v) is 14.3. The Hall–Kier alpha value is -1.43. The molecule has 0 aliphatic rings. The standard InChI is InChI=1S/C15H14Cl2O4S/c1-9-3-4-10(13(5-9)21-2)8-22(19,20)14-7-11(16)6-12(17)15(14)18/h3-7,18H,8H2,1-2H3. The number of phenolic OH excluding ortho intramolecular Hbond substituents is 1. The van der Waals surface area contributed by atoms with E-state index in [1.54, 1.807) is 18.2 Å². The predicted molar refractivity (Wildman–Crippen MR) is 86.7 cm³/mol. The van der Waals surface area contributed by atoms with Crippen molar-refractivity contribution in [2.75, 3.05) is 7.11 Å². The summed E-state index contributed by atoms with van der Waals surface area (Å²) in [6.07, 6.45) is 0. The van der Waals surface area contributed by atoms with Crippen molar-refractivity contribution < 1.29 is 18.3 Å². The van der Waals surface area contributed by atoms with Gasteiger partial charge in [-0.1, -0.05) is 35.3 Å². The van der Waals surface area contributed by atoms with Crippen LogP contribution in [0, 0.1) is 6.92 Å². The number of benzene rings is 2. The van der Waals surface area contributed by atoms with Gasteiger partial charge in [-0.3, -0.25) is 0 Å². The van der Waals surface area contributed by atoms with Crippen LogP contribution < -0.4 is 4.74 Å². The molecule has 0 amide bonds. The van der Waals surface area contributed by atoms with E-state index in [0.717, 1.165) is 5.56 Å². The van der Waals surface area contributed by atoms with E-state index < -0.39 is 15.6 Å². The van der Waals surface area contributed by atoms with E-state index in [-0.39, 0.29) is 20.7 Å². The average molecular weight is 361 g/mol. The van der Waals surface area contributed by atoms with Crippen molar-refractivity contribution in [1.29, 1.82) is 0 Å². The van der Waals surface area contributed by atoms with Gasteiger partial charge in [0.1, 0.15) is 10.6 Å². The molecule has 2 aromatic carbocycles. The van der Waals surface area contributed by atoms with Crippen molar-refractivity contribution in [2.45, 2.75) is 17.6 Å². The van der Waals surface area contributed by atoms with E-state index in [0.29, 0.717) is 11.3 Å². The molecule has 0 fully saturated rings. The molecule has 0 saturated heterocycles. The molecule has 2 aromatic rings. The van der Waals surface area contributed by atoms with Crippen molar-refractivity contribution in [2.24, 2.45) is 0 Å². The summed E-state index contributed by atoms with van der Waals surface area (Å²) in [5.41, 5.74) is 1.44. The quantitative estimate of drug-likeness (QED) is 0.894. The summed E-state index contributed by atoms with van der Waals surface area (Å²) in [5, 5.41) is 9.93. The van der Waals surface area contributed by atoms with Crippen LogP contribution in [0.3, 0.4) is 0 Å². The van der Waals surface area contributed by atoms with Crippen LogP contribution in [0.1, 0.15) is 11.1 Å². The Bertz CT molecular complexity index is 817. The molecule has 118 valence electrons. The number of hydrogen-bond acceptors (Lipinski definition) is 4. The third-order valence-corrected chi connectivity index (χ3v) is 5.30. The van der Waals surface area contributed by atoms with Crippen molar-refractivity contribution >= 4 is 33.0 Å². The second kappa shape index (κ2) is 6.36. The first kappa shape index (κ1) is 16.9. The highest BCUT2D eigenvalue weighted by atomic mass is 35.5. The number of sulfone groups is 1. The fraction of sp³-hybridized carbons (Fsp3) is 0.200. The van der Waals surface area contributed by atoms with Crippen LogP contribution in [0.4, 0.5) is 0 Å². The van der Waals surface area contributed by atoms with Gasteiger partial charge in [0.05, 0.1) is 17.9 Å². The molecule has 0 unspecified atom stereocenters. The van der Waals surface area contributed by atoms with Gasteiger partial charge in [0, 0.05) is 10.6 Å². The van der Waals surface area contributed by atoms with Crippen LogP contribution in [0.15, 0.2) is 35.2 Å². The minimum atomic E-state index is -3.83. The molecular weight excluding hydrogens is 347 g/mol. The lowest BCUT2D eigenvalue weighted by Crippen LogP contribution is -2.07. The minimum Gasteiger partial charge on any atom is -0.505 e. The van der Waals surface area contributed by atoms with Crippen LogP contribution in [0.2, 0.25) is 10.0 Å². The third kappa shape index (κ3) is 3.48. The Kier molecular flexibility index (Phi) is 4.90. The summed E-state index contributed by atoms with van der Waals surface area (Å²) in [4.78, 5) is -0.298. The van der Waals surface area contributed by atoms with Crippen molar-refractivity contribution in [1.82, 2.24) is 0 Å². The molecular formula is C15H14Cl2O4S. The van der Waals surface area contributed by atoms with Gasteiger partial charge in [0.25, 0.3) is 0 Å². The third-order valence-electron chi connectivity index (χ3n) is 3.12. The minimum absolute atomic E-state index is 0.109. The van der Waals surface area contributed by atoms with E-state index in [1.807, 2.05) is 6.92 Å². The van der Waals surface area contributed by atoms with Gasteiger partial charge in [-0.05, 0) is 30.7 Å². The normalized spacial score (nSPS) is 11.5. The molecule has 0 aromatic heterocycles. The van der Waals surface area contributed by atoms with Gasteiger partial charge in [-0.25, -0.2) is 8.42 Å². The number of aromatic hydroxyl groups is 1. The summed E-state index contributed by atoms with van der Waals surface area (Å²) >= 11 is 11.6. The molecule has 7 heteroatoms. The predicted octanol–water partition coefficient (Wildman–Crippen LogP) is 3.99. The highest BCUT2D eigenvalue weighted by Gasteiger charge is 2.23. The number of hydrogen-bond donors (Lipinski definition) is 1. The molecule has 0 radical (unpaired) electrons. The average Bonchev–Trinajstić information content (AvgIpc) is 2.44. The summed E-state index contributed by atoms with van der Waals surface area (Å²) in [5.74, 6) is -0.367. The van der Waals surface area contributed by atoms with Gasteiger partial charge in [0.2, 0.25) is 0 Å². The molecule has 0 aliphatic heterocycles. The van der Waals surface area contributed by atoms with Crippen LogP contribution in [0.25, 0.3) is 0 Å². The Labute approximate surface area is 139 Å². The van der Waals surface area contributed by atoms with Crippen molar-refractivity contribution in [3.63, 3.8) is 0 Å². The molecule has 4 nitrogen and oxygen atoms in total. The summed E-state index contributed by atoms with van der Waals surface area (Å²) in [6.45, 7) is 1.88. The first-order valence-electron chi connectivity index (χ1n) is 6.29. The Morgan fingerprint density at radius 3 is 2.50 bits per heavy atom. The highest BCUT2D eigenvalue weighted by molar-refractivity contribution is 7.90. The maximum atomic E-state index is 12.5. The zero-order chi connectivity index (χ0) is 16.5. The zero-order valence-electron chi connectivity index (χ0n) is 11.9. The first-order valence-corrected chi connectivity index (χ1v) is 8.69. The molecule has 0 bridgehead atoms. The van der Waals surface area contributed by atoms with E-state index in [2.05, 4.69) is 0 Å². The fourth-order valence-corrected chi connectivity index (χ4v) is 4.16. The monoisotopic (exact) mass is 360 g/mol. The molecule has 0 saturated carbocycles. The molecule has 0 atom stereocenters. The number of rotatable bonds is 4. The second-order valence-corrected chi connectivity index (χ2v) is 7.61. The highest BCUT2D eigenvalue weighted by Crippen LogP contribution is 2.36. The maximum Gasteiger partial charge on any atom is 0.186 e. The smallest absolute Gasteiger partial charge is 0.186 e. The van der Waals surface area contributed by atoms with E-state index in [9.17, 15) is 13.5 Å². The largest absolute Gasteiger partial charge is 0.505 e. The van der Waals surface area contributed by atoms with Crippen LogP contribution in [-0.4, -0.2) is 20.6 Å². The number of phenols is 1. The maximum absolute atomic E-state index is 12.5. The lowest BCUT2D eigenvalue weighted by Gasteiger charge is -2.12. The van der Waals surface area contributed by atoms with Gasteiger partial charge >= 0.3 is 0 Å². The topological polar surface area (TPSA) is 63.6 Å². The molecule has 22 heavy (non-hydrogen) atoms. The lowest BCUT2D eigenvalue weighted by atomic mass is 10.1. The van der Waals surface area contributed by atoms with Crippen molar-refractivity contribution in [3.8, 4) is 11.5 Å². The SMILES string of the molecule is COc1cc(C)ccc1CS(=O)(=O)c1cc(Cl)cc(Cl)c1O. The molecule has 0 spiro atoms. The molecule has 0 heterocycles. The molecule has 0 aliphatic carbocycles. The van der Waals surface area contributed by atoms with Gasteiger partial charge in [-0.15, -0.1) is 0 Å². The Balaban J connectivity index is 2.49. The Morgan fingerprint density at radius 1 is 1.18 bits per heavy atom. The summed E-state index contributed by atoms with van der Waals surface area (Å²) < 4.78 is 30.3. The van der Waals surface area contributed by atoms with Gasteiger partial charge < -0.3 is 9.84 Å². The van der Waals surface area contributed by atoms with E-state index in [4.69, 9.17) is 27.9 Å². The van der Waals surface area contributed by atoms with E-state index in [1.165, 1.54) is 19.2 Å². The lowest BCUT2D eigenvalue weighted by molar-refractivity contribution is 0.410. The fourth-order valence-electron chi connectivity index (χ4n) is 2.03. The number of aryl methyl sites for hydroxylation is 1. The van der Waals surface area contributed by atoms with Crippen molar-refractivity contribution in [3.05, 3.63) is 51.5 Å². The molecule has 2 rings (SSSR count). The van der Waals surface area contributed by atoms with Gasteiger partial charge in [-0.2, -0.15) is 0 Å². The molecule has 1 N–H and O–H groups in total.